The number of amides is 2. The van der Waals surface area contributed by atoms with E-state index in [1.165, 1.54) is 6.26 Å². The number of hydrogen-bond donors (Lipinski definition) is 2. The lowest BCUT2D eigenvalue weighted by Crippen LogP contribution is -2.48. The van der Waals surface area contributed by atoms with Crippen molar-refractivity contribution in [3.05, 3.63) is 60.1 Å². The van der Waals surface area contributed by atoms with Crippen molar-refractivity contribution in [1.82, 2.24) is 10.6 Å². The molecule has 0 aliphatic carbocycles. The number of alkyl carbamates (subject to hydrolysis) is 1. The molecule has 0 unspecified atom stereocenters. The average molecular weight is 327 g/mol. The van der Waals surface area contributed by atoms with Crippen LogP contribution in [0, 0.1) is 11.3 Å². The summed E-state index contributed by atoms with van der Waals surface area (Å²) < 4.78 is 10.3. The van der Waals surface area contributed by atoms with E-state index in [0.717, 1.165) is 5.56 Å². The number of carbonyl (C=O) groups excluding carboxylic acids is 2. The summed E-state index contributed by atoms with van der Waals surface area (Å²) in [7, 11) is 0. The van der Waals surface area contributed by atoms with Crippen molar-refractivity contribution in [1.29, 1.82) is 5.26 Å². The van der Waals surface area contributed by atoms with Gasteiger partial charge in [0.05, 0.1) is 12.3 Å². The summed E-state index contributed by atoms with van der Waals surface area (Å²) in [5.41, 5.74) is 0.837. The molecule has 2 aromatic rings. The number of benzene rings is 1. The maximum atomic E-state index is 12.1. The molecule has 2 amide bonds. The lowest BCUT2D eigenvalue weighted by Gasteiger charge is -2.16. The van der Waals surface area contributed by atoms with Gasteiger partial charge in [-0.15, -0.1) is 0 Å². The second-order valence-electron chi connectivity index (χ2n) is 4.92. The SMILES string of the molecule is N#CCNC(=O)[C@@H](Cc1ccco1)NC(=O)OCc1ccccc1. The number of nitrogens with zero attached hydrogens (tertiary/aromatic N) is 1. The Kier molecular flexibility index (Phi) is 6.41. The smallest absolute Gasteiger partial charge is 0.408 e. The molecule has 1 aromatic heterocycles. The maximum Gasteiger partial charge on any atom is 0.408 e. The molecule has 0 fully saturated rings. The number of carbonyl (C=O) groups is 2. The second-order valence-corrected chi connectivity index (χ2v) is 4.92. The third-order valence-electron chi connectivity index (χ3n) is 3.15. The number of ether oxygens (including phenoxy) is 1. The van der Waals surface area contributed by atoms with E-state index in [0.29, 0.717) is 5.76 Å². The molecule has 0 aliphatic heterocycles. The van der Waals surface area contributed by atoms with E-state index < -0.39 is 18.0 Å². The Morgan fingerprint density at radius 2 is 2.00 bits per heavy atom. The van der Waals surface area contributed by atoms with Crippen LogP contribution >= 0.6 is 0 Å². The second kappa shape index (κ2) is 9.00. The average Bonchev–Trinajstić information content (AvgIpc) is 3.11. The molecular formula is C17H17N3O4. The number of hydrogen-bond acceptors (Lipinski definition) is 5. The molecule has 1 heterocycles. The highest BCUT2D eigenvalue weighted by atomic mass is 16.5. The van der Waals surface area contributed by atoms with Crippen molar-refractivity contribution in [3.63, 3.8) is 0 Å². The number of nitrogens with one attached hydrogen (secondary N) is 2. The molecule has 2 N–H and O–H groups in total. The molecule has 0 radical (unpaired) electrons. The van der Waals surface area contributed by atoms with Crippen LogP contribution in [0.4, 0.5) is 4.79 Å². The number of furan rings is 1. The quantitative estimate of drug-likeness (QED) is 0.754. The van der Waals surface area contributed by atoms with Gasteiger partial charge in [-0.25, -0.2) is 4.79 Å². The van der Waals surface area contributed by atoms with Gasteiger partial charge in [0.15, 0.2) is 0 Å². The van der Waals surface area contributed by atoms with E-state index in [1.54, 1.807) is 12.1 Å². The fourth-order valence-corrected chi connectivity index (χ4v) is 2.00. The zero-order valence-electron chi connectivity index (χ0n) is 12.9. The summed E-state index contributed by atoms with van der Waals surface area (Å²) in [5.74, 6) is 0.0556. The van der Waals surface area contributed by atoms with Crippen LogP contribution in [0.5, 0.6) is 0 Å². The molecule has 0 saturated heterocycles. The van der Waals surface area contributed by atoms with Gasteiger partial charge in [0.25, 0.3) is 0 Å². The van der Waals surface area contributed by atoms with Crippen LogP contribution in [0.15, 0.2) is 53.1 Å². The van der Waals surface area contributed by atoms with Crippen molar-refractivity contribution < 1.29 is 18.7 Å². The Balaban J connectivity index is 1.92. The fourth-order valence-electron chi connectivity index (χ4n) is 2.00. The molecule has 7 heteroatoms. The zero-order valence-corrected chi connectivity index (χ0v) is 12.9. The summed E-state index contributed by atoms with van der Waals surface area (Å²) in [6.45, 7) is -0.0474. The van der Waals surface area contributed by atoms with Gasteiger partial charge < -0.3 is 19.8 Å². The summed E-state index contributed by atoms with van der Waals surface area (Å²) in [5, 5.41) is 13.5. The van der Waals surface area contributed by atoms with Gasteiger partial charge in [0.1, 0.15) is 25.0 Å². The molecule has 24 heavy (non-hydrogen) atoms. The Morgan fingerprint density at radius 1 is 1.21 bits per heavy atom. The van der Waals surface area contributed by atoms with Gasteiger partial charge in [-0.05, 0) is 17.7 Å². The lowest BCUT2D eigenvalue weighted by molar-refractivity contribution is -0.122. The third kappa shape index (κ3) is 5.50. The molecule has 0 saturated carbocycles. The van der Waals surface area contributed by atoms with E-state index in [1.807, 2.05) is 36.4 Å². The predicted octanol–water partition coefficient (Wildman–Crippen LogP) is 1.76. The van der Waals surface area contributed by atoms with Gasteiger partial charge in [0.2, 0.25) is 5.91 Å². The highest BCUT2D eigenvalue weighted by molar-refractivity contribution is 5.86. The van der Waals surface area contributed by atoms with Crippen molar-refractivity contribution in [2.24, 2.45) is 0 Å². The van der Waals surface area contributed by atoms with E-state index >= 15 is 0 Å². The van der Waals surface area contributed by atoms with Crippen molar-refractivity contribution in [3.8, 4) is 6.07 Å². The van der Waals surface area contributed by atoms with Crippen LogP contribution in [-0.4, -0.2) is 24.6 Å². The standard InChI is InChI=1S/C17H17N3O4/c18-8-9-19-16(21)15(11-14-7-4-10-23-14)20-17(22)24-12-13-5-2-1-3-6-13/h1-7,10,15H,9,11-12H2,(H,19,21)(H,20,22)/t15-/m1/s1. The maximum absolute atomic E-state index is 12.1. The van der Waals surface area contributed by atoms with Crippen molar-refractivity contribution in [2.45, 2.75) is 19.1 Å². The first kappa shape index (κ1) is 17.1. The van der Waals surface area contributed by atoms with Gasteiger partial charge >= 0.3 is 6.09 Å². The van der Waals surface area contributed by atoms with Crippen molar-refractivity contribution in [2.75, 3.05) is 6.54 Å². The first-order valence-electron chi connectivity index (χ1n) is 7.33. The minimum atomic E-state index is -0.896. The van der Waals surface area contributed by atoms with Crippen molar-refractivity contribution >= 4 is 12.0 Å². The molecule has 124 valence electrons. The molecule has 7 nitrogen and oxygen atoms in total. The monoisotopic (exact) mass is 327 g/mol. The molecule has 0 aliphatic rings. The van der Waals surface area contributed by atoms with Gasteiger partial charge in [-0.2, -0.15) is 5.26 Å². The minimum Gasteiger partial charge on any atom is -0.469 e. The minimum absolute atomic E-state index is 0.0972. The Hall–Kier alpha value is -3.27. The van der Waals surface area contributed by atoms with Crippen LogP contribution in [0.3, 0.4) is 0 Å². The third-order valence-corrected chi connectivity index (χ3v) is 3.15. The molecule has 2 rings (SSSR count). The highest BCUT2D eigenvalue weighted by Crippen LogP contribution is 2.06. The van der Waals surface area contributed by atoms with Gasteiger partial charge in [-0.1, -0.05) is 30.3 Å². The molecular weight excluding hydrogens is 310 g/mol. The molecule has 1 aromatic carbocycles. The first-order valence-corrected chi connectivity index (χ1v) is 7.33. The van der Waals surface area contributed by atoms with E-state index in [2.05, 4.69) is 10.6 Å². The molecule has 1 atom stereocenters. The van der Waals surface area contributed by atoms with Crippen LogP contribution < -0.4 is 10.6 Å². The fraction of sp³-hybridized carbons (Fsp3) is 0.235. The topological polar surface area (TPSA) is 104 Å². The van der Waals surface area contributed by atoms with E-state index in [4.69, 9.17) is 14.4 Å². The first-order chi connectivity index (χ1) is 11.7. The van der Waals surface area contributed by atoms with Crippen LogP contribution in [-0.2, 0) is 22.6 Å². The van der Waals surface area contributed by atoms with E-state index in [-0.39, 0.29) is 19.6 Å². The summed E-state index contributed by atoms with van der Waals surface area (Å²) in [6.07, 6.45) is 0.917. The van der Waals surface area contributed by atoms with Gasteiger partial charge in [-0.3, -0.25) is 4.79 Å². The molecule has 0 bridgehead atoms. The van der Waals surface area contributed by atoms with Crippen LogP contribution in [0.1, 0.15) is 11.3 Å². The summed E-state index contributed by atoms with van der Waals surface area (Å²) in [4.78, 5) is 24.0. The Bertz CT molecular complexity index is 692. The summed E-state index contributed by atoms with van der Waals surface area (Å²) in [6, 6.07) is 13.5. The predicted molar refractivity (Wildman–Crippen MR) is 84.6 cm³/mol. The lowest BCUT2D eigenvalue weighted by atomic mass is 10.1. The Morgan fingerprint density at radius 3 is 2.67 bits per heavy atom. The normalized spacial score (nSPS) is 11.1. The molecule has 0 spiro atoms. The zero-order chi connectivity index (χ0) is 17.2. The van der Waals surface area contributed by atoms with Gasteiger partial charge in [0, 0.05) is 6.42 Å². The largest absolute Gasteiger partial charge is 0.469 e. The van der Waals surface area contributed by atoms with E-state index in [9.17, 15) is 9.59 Å². The van der Waals surface area contributed by atoms with Crippen LogP contribution in [0.2, 0.25) is 0 Å². The number of nitriles is 1. The Labute approximate surface area is 139 Å². The van der Waals surface area contributed by atoms with Crippen LogP contribution in [0.25, 0.3) is 0 Å². The number of rotatable bonds is 7. The summed E-state index contributed by atoms with van der Waals surface area (Å²) >= 11 is 0. The highest BCUT2D eigenvalue weighted by Gasteiger charge is 2.22.